The Hall–Kier alpha value is -1.81. The molecule has 19 heavy (non-hydrogen) atoms. The maximum atomic E-state index is 10.3. The van der Waals surface area contributed by atoms with Crippen LogP contribution in [0.4, 0.5) is 0 Å². The first-order valence-corrected chi connectivity index (χ1v) is 6.64. The summed E-state index contributed by atoms with van der Waals surface area (Å²) in [6.45, 7) is 0.752. The standard InChI is InChI=1S/C15H18N2O2/c1-17-8-7-16-15(17)5-3-13(18)11-2-4-14-12(10-11)6-9-19-14/h2,4,7-8,10,13,18H,3,5-6,9H2,1H3. The molecule has 100 valence electrons. The molecule has 1 atom stereocenters. The van der Waals surface area contributed by atoms with E-state index in [2.05, 4.69) is 11.1 Å². The van der Waals surface area contributed by atoms with E-state index in [0.29, 0.717) is 6.42 Å². The van der Waals surface area contributed by atoms with Gasteiger partial charge in [0.05, 0.1) is 12.7 Å². The van der Waals surface area contributed by atoms with Crippen LogP contribution in [0.5, 0.6) is 5.75 Å². The van der Waals surface area contributed by atoms with E-state index < -0.39 is 6.10 Å². The van der Waals surface area contributed by atoms with Crippen LogP contribution in [0.2, 0.25) is 0 Å². The smallest absolute Gasteiger partial charge is 0.122 e. The molecule has 0 radical (unpaired) electrons. The molecule has 1 aromatic heterocycles. The molecule has 0 amide bonds. The lowest BCUT2D eigenvalue weighted by Gasteiger charge is -2.12. The third kappa shape index (κ3) is 2.49. The minimum absolute atomic E-state index is 0.442. The SMILES string of the molecule is Cn1ccnc1CCC(O)c1ccc2c(c1)CCO2. The molecule has 1 aliphatic rings. The van der Waals surface area contributed by atoms with Crippen molar-refractivity contribution < 1.29 is 9.84 Å². The normalized spacial score (nSPS) is 15.1. The van der Waals surface area contributed by atoms with Gasteiger partial charge in [0.1, 0.15) is 11.6 Å². The molecule has 3 rings (SSSR count). The lowest BCUT2D eigenvalue weighted by molar-refractivity contribution is 0.166. The summed E-state index contributed by atoms with van der Waals surface area (Å²) in [5.41, 5.74) is 2.17. The van der Waals surface area contributed by atoms with Crippen LogP contribution >= 0.6 is 0 Å². The number of ether oxygens (including phenoxy) is 1. The highest BCUT2D eigenvalue weighted by Gasteiger charge is 2.15. The fraction of sp³-hybridized carbons (Fsp3) is 0.400. The molecule has 1 unspecified atom stereocenters. The minimum Gasteiger partial charge on any atom is -0.493 e. The first-order valence-electron chi connectivity index (χ1n) is 6.64. The number of aliphatic hydroxyl groups is 1. The Labute approximate surface area is 112 Å². The van der Waals surface area contributed by atoms with Gasteiger partial charge >= 0.3 is 0 Å². The predicted molar refractivity (Wildman–Crippen MR) is 72.1 cm³/mol. The molecule has 1 aromatic carbocycles. The van der Waals surface area contributed by atoms with E-state index in [0.717, 1.165) is 36.6 Å². The summed E-state index contributed by atoms with van der Waals surface area (Å²) in [6.07, 6.45) is 5.67. The number of imidazole rings is 1. The van der Waals surface area contributed by atoms with Crippen molar-refractivity contribution in [1.29, 1.82) is 0 Å². The summed E-state index contributed by atoms with van der Waals surface area (Å²) in [5, 5.41) is 10.3. The predicted octanol–water partition coefficient (Wildman–Crippen LogP) is 2.02. The van der Waals surface area contributed by atoms with Gasteiger partial charge in [0, 0.05) is 32.3 Å². The van der Waals surface area contributed by atoms with Gasteiger partial charge in [-0.2, -0.15) is 0 Å². The zero-order chi connectivity index (χ0) is 13.2. The second-order valence-corrected chi connectivity index (χ2v) is 4.97. The van der Waals surface area contributed by atoms with Crippen LogP contribution in [0, 0.1) is 0 Å². The summed E-state index contributed by atoms with van der Waals surface area (Å²) in [5.74, 6) is 1.96. The van der Waals surface area contributed by atoms with Crippen molar-refractivity contribution >= 4 is 0 Å². The van der Waals surface area contributed by atoms with Gasteiger partial charge < -0.3 is 14.4 Å². The van der Waals surface area contributed by atoms with E-state index in [9.17, 15) is 5.11 Å². The molecule has 0 bridgehead atoms. The molecule has 0 saturated heterocycles. The van der Waals surface area contributed by atoms with Crippen LogP contribution in [-0.2, 0) is 19.9 Å². The minimum atomic E-state index is -0.442. The number of rotatable bonds is 4. The largest absolute Gasteiger partial charge is 0.493 e. The highest BCUT2D eigenvalue weighted by atomic mass is 16.5. The van der Waals surface area contributed by atoms with Crippen LogP contribution in [0.25, 0.3) is 0 Å². The zero-order valence-electron chi connectivity index (χ0n) is 11.0. The Bertz CT molecular complexity index is 577. The third-order valence-corrected chi connectivity index (χ3v) is 3.66. The zero-order valence-corrected chi connectivity index (χ0v) is 11.0. The third-order valence-electron chi connectivity index (χ3n) is 3.66. The monoisotopic (exact) mass is 258 g/mol. The molecule has 4 nitrogen and oxygen atoms in total. The van der Waals surface area contributed by atoms with E-state index in [4.69, 9.17) is 4.74 Å². The van der Waals surface area contributed by atoms with Gasteiger partial charge in [0.25, 0.3) is 0 Å². The molecule has 0 aliphatic carbocycles. The van der Waals surface area contributed by atoms with Crippen LogP contribution < -0.4 is 4.74 Å². The topological polar surface area (TPSA) is 47.3 Å². The van der Waals surface area contributed by atoms with E-state index in [-0.39, 0.29) is 0 Å². The van der Waals surface area contributed by atoms with E-state index in [1.807, 2.05) is 29.9 Å². The van der Waals surface area contributed by atoms with Crippen LogP contribution in [0.3, 0.4) is 0 Å². The lowest BCUT2D eigenvalue weighted by Crippen LogP contribution is -2.03. The summed E-state index contributed by atoms with van der Waals surface area (Å²) >= 11 is 0. The first-order chi connectivity index (χ1) is 9.24. The highest BCUT2D eigenvalue weighted by Crippen LogP contribution is 2.29. The highest BCUT2D eigenvalue weighted by molar-refractivity contribution is 5.40. The van der Waals surface area contributed by atoms with Crippen molar-refractivity contribution in [3.05, 3.63) is 47.5 Å². The van der Waals surface area contributed by atoms with E-state index in [1.54, 1.807) is 6.20 Å². The van der Waals surface area contributed by atoms with Crippen molar-refractivity contribution in [1.82, 2.24) is 9.55 Å². The Kier molecular flexibility index (Phi) is 3.25. The Balaban J connectivity index is 1.67. The molecular formula is C15H18N2O2. The number of aryl methyl sites for hydroxylation is 2. The van der Waals surface area contributed by atoms with Crippen molar-refractivity contribution in [2.75, 3.05) is 6.61 Å². The second kappa shape index (κ2) is 5.05. The number of fused-ring (bicyclic) bond motifs is 1. The fourth-order valence-electron chi connectivity index (χ4n) is 2.48. The van der Waals surface area contributed by atoms with Crippen LogP contribution in [0.15, 0.2) is 30.6 Å². The molecule has 0 fully saturated rings. The maximum Gasteiger partial charge on any atom is 0.122 e. The lowest BCUT2D eigenvalue weighted by atomic mass is 10.0. The van der Waals surface area contributed by atoms with Gasteiger partial charge in [-0.15, -0.1) is 0 Å². The Morgan fingerprint density at radius 3 is 3.16 bits per heavy atom. The number of hydrogen-bond acceptors (Lipinski definition) is 3. The molecule has 4 heteroatoms. The maximum absolute atomic E-state index is 10.3. The number of hydrogen-bond donors (Lipinski definition) is 1. The number of aromatic nitrogens is 2. The van der Waals surface area contributed by atoms with Gasteiger partial charge in [0.15, 0.2) is 0 Å². The molecule has 0 saturated carbocycles. The van der Waals surface area contributed by atoms with Crippen molar-refractivity contribution in [3.63, 3.8) is 0 Å². The molecular weight excluding hydrogens is 240 g/mol. The second-order valence-electron chi connectivity index (χ2n) is 4.97. The van der Waals surface area contributed by atoms with Gasteiger partial charge in [-0.05, 0) is 29.7 Å². The molecule has 2 heterocycles. The molecule has 2 aromatic rings. The molecule has 1 N–H and O–H groups in total. The average molecular weight is 258 g/mol. The number of benzene rings is 1. The molecule has 1 aliphatic heterocycles. The fourth-order valence-corrected chi connectivity index (χ4v) is 2.48. The number of nitrogens with zero attached hydrogens (tertiary/aromatic N) is 2. The van der Waals surface area contributed by atoms with Crippen molar-refractivity contribution in [2.45, 2.75) is 25.4 Å². The van der Waals surface area contributed by atoms with Crippen molar-refractivity contribution in [3.8, 4) is 5.75 Å². The Morgan fingerprint density at radius 1 is 1.47 bits per heavy atom. The van der Waals surface area contributed by atoms with Crippen LogP contribution in [0.1, 0.15) is 29.5 Å². The van der Waals surface area contributed by atoms with Gasteiger partial charge in [-0.1, -0.05) is 6.07 Å². The van der Waals surface area contributed by atoms with Gasteiger partial charge in [-0.25, -0.2) is 4.98 Å². The average Bonchev–Trinajstić information content (AvgIpc) is 3.03. The Morgan fingerprint density at radius 2 is 2.37 bits per heavy atom. The summed E-state index contributed by atoms with van der Waals surface area (Å²) in [6, 6.07) is 5.97. The summed E-state index contributed by atoms with van der Waals surface area (Å²) < 4.78 is 7.46. The van der Waals surface area contributed by atoms with Gasteiger partial charge in [0.2, 0.25) is 0 Å². The first kappa shape index (κ1) is 12.2. The van der Waals surface area contributed by atoms with Crippen LogP contribution in [-0.4, -0.2) is 21.3 Å². The molecule has 0 spiro atoms. The van der Waals surface area contributed by atoms with E-state index in [1.165, 1.54) is 5.56 Å². The van der Waals surface area contributed by atoms with E-state index >= 15 is 0 Å². The number of aliphatic hydroxyl groups excluding tert-OH is 1. The quantitative estimate of drug-likeness (QED) is 0.912. The summed E-state index contributed by atoms with van der Waals surface area (Å²) in [7, 11) is 1.97. The van der Waals surface area contributed by atoms with Gasteiger partial charge in [-0.3, -0.25) is 0 Å². The van der Waals surface area contributed by atoms with Crippen molar-refractivity contribution in [2.24, 2.45) is 7.05 Å². The summed E-state index contributed by atoms with van der Waals surface area (Å²) in [4.78, 5) is 4.27.